The van der Waals surface area contributed by atoms with E-state index in [1.54, 1.807) is 18.5 Å². The summed E-state index contributed by atoms with van der Waals surface area (Å²) >= 11 is 5.57. The first-order chi connectivity index (χ1) is 16.0. The number of hydrogen-bond acceptors (Lipinski definition) is 5. The number of anilines is 1. The maximum absolute atomic E-state index is 12.6. The lowest BCUT2D eigenvalue weighted by Gasteiger charge is -2.30. The zero-order valence-corrected chi connectivity index (χ0v) is 20.2. The molecule has 1 N–H and O–H groups in total. The fourth-order valence-electron chi connectivity index (χ4n) is 3.82. The number of aryl methyl sites for hydroxylation is 2. The number of nitrogens with zero attached hydrogens (tertiary/aromatic N) is 4. The number of benzene rings is 1. The van der Waals surface area contributed by atoms with Crippen LogP contribution in [0.4, 0.5) is 10.2 Å². The Balaban J connectivity index is 0.000000235. The Morgan fingerprint density at radius 3 is 2.58 bits per heavy atom. The van der Waals surface area contributed by atoms with Gasteiger partial charge in [-0.2, -0.15) is 0 Å². The molecule has 7 heteroatoms. The molecular formula is C26H31ClFN5. The molecule has 0 spiro atoms. The summed E-state index contributed by atoms with van der Waals surface area (Å²) in [7, 11) is 0. The lowest BCUT2D eigenvalue weighted by molar-refractivity contribution is 0.584. The van der Waals surface area contributed by atoms with Crippen molar-refractivity contribution in [3.05, 3.63) is 88.4 Å². The Morgan fingerprint density at radius 2 is 1.94 bits per heavy atom. The zero-order chi connectivity index (χ0) is 23.6. The molecule has 1 fully saturated rings. The third-order valence-corrected chi connectivity index (χ3v) is 5.74. The van der Waals surface area contributed by atoms with E-state index in [9.17, 15) is 4.39 Å². The number of piperazine rings is 1. The Hall–Kier alpha value is -2.83. The number of allylic oxidation sites excluding steroid dienone is 1. The van der Waals surface area contributed by atoms with Crippen molar-refractivity contribution in [3.63, 3.8) is 0 Å². The largest absolute Gasteiger partial charge is 0.353 e. The van der Waals surface area contributed by atoms with E-state index in [-0.39, 0.29) is 10.8 Å². The van der Waals surface area contributed by atoms with Crippen molar-refractivity contribution in [2.45, 2.75) is 33.6 Å². The maximum Gasteiger partial charge on any atom is 0.141 e. The monoisotopic (exact) mass is 467 g/mol. The van der Waals surface area contributed by atoms with Crippen LogP contribution in [0.25, 0.3) is 5.57 Å². The zero-order valence-electron chi connectivity index (χ0n) is 19.5. The molecule has 0 radical (unpaired) electrons. The van der Waals surface area contributed by atoms with Crippen molar-refractivity contribution < 1.29 is 4.39 Å². The van der Waals surface area contributed by atoms with Gasteiger partial charge < -0.3 is 10.2 Å². The molecular weight excluding hydrogens is 437 g/mol. The van der Waals surface area contributed by atoms with Crippen molar-refractivity contribution in [1.29, 1.82) is 0 Å². The van der Waals surface area contributed by atoms with Crippen LogP contribution in [0.3, 0.4) is 0 Å². The summed E-state index contributed by atoms with van der Waals surface area (Å²) < 4.78 is 12.6. The van der Waals surface area contributed by atoms with Crippen LogP contribution in [-0.4, -0.2) is 41.1 Å². The van der Waals surface area contributed by atoms with Gasteiger partial charge in [-0.1, -0.05) is 43.2 Å². The van der Waals surface area contributed by atoms with E-state index >= 15 is 0 Å². The number of hydrogen-bond donors (Lipinski definition) is 1. The van der Waals surface area contributed by atoms with E-state index in [1.165, 1.54) is 6.07 Å². The summed E-state index contributed by atoms with van der Waals surface area (Å²) in [5.74, 6) is 0.666. The van der Waals surface area contributed by atoms with Gasteiger partial charge in [-0.3, -0.25) is 4.98 Å². The molecule has 5 nitrogen and oxygen atoms in total. The minimum Gasteiger partial charge on any atom is -0.353 e. The smallest absolute Gasteiger partial charge is 0.141 e. The third-order valence-electron chi connectivity index (χ3n) is 5.45. The van der Waals surface area contributed by atoms with Gasteiger partial charge in [0.25, 0.3) is 0 Å². The molecule has 0 saturated carbocycles. The number of halogens is 2. The third kappa shape index (κ3) is 6.59. The second-order valence-electron chi connectivity index (χ2n) is 7.81. The molecule has 0 atom stereocenters. The van der Waals surface area contributed by atoms with Crippen LogP contribution >= 0.6 is 11.6 Å². The maximum atomic E-state index is 12.6. The molecule has 3 aromatic rings. The van der Waals surface area contributed by atoms with Crippen molar-refractivity contribution in [2.24, 2.45) is 0 Å². The molecule has 0 bridgehead atoms. The van der Waals surface area contributed by atoms with Gasteiger partial charge in [-0.15, -0.1) is 0 Å². The van der Waals surface area contributed by atoms with Crippen LogP contribution in [0.1, 0.15) is 42.8 Å². The molecule has 0 amide bonds. The van der Waals surface area contributed by atoms with Gasteiger partial charge in [-0.25, -0.2) is 14.4 Å². The first-order valence-corrected chi connectivity index (χ1v) is 11.7. The highest BCUT2D eigenvalue weighted by molar-refractivity contribution is 6.30. The Kier molecular flexibility index (Phi) is 9.34. The van der Waals surface area contributed by atoms with Crippen molar-refractivity contribution in [3.8, 4) is 0 Å². The second-order valence-corrected chi connectivity index (χ2v) is 8.22. The predicted molar refractivity (Wildman–Crippen MR) is 134 cm³/mol. The van der Waals surface area contributed by atoms with Crippen LogP contribution < -0.4 is 10.2 Å². The average molecular weight is 468 g/mol. The molecule has 1 aliphatic rings. The standard InChI is InChI=1S/C17H21N5.C9H10ClF/c1-3-14(15-6-4-5-7-19-15)16-13(2)20-12-21-17(16)22-10-8-18-9-11-22;1-2-3-7-4-5-9(11)8(10)6-7/h3-7,12,18H,8-11H2,1-2H3;4-6H,2-3H2,1H3/b14-3-;. The molecule has 2 aromatic heterocycles. The summed E-state index contributed by atoms with van der Waals surface area (Å²) in [5.41, 5.74) is 5.22. The SMILES string of the molecule is C/C=C(/c1ccccn1)c1c(C)ncnc1N1CCNCC1.CCCc1ccc(F)c(Cl)c1. The van der Waals surface area contributed by atoms with Gasteiger partial charge in [0.1, 0.15) is 18.0 Å². The molecule has 3 heterocycles. The average Bonchev–Trinajstić information content (AvgIpc) is 2.85. The van der Waals surface area contributed by atoms with Gasteiger partial charge in [0.05, 0.1) is 16.4 Å². The van der Waals surface area contributed by atoms with E-state index in [0.29, 0.717) is 0 Å². The Labute approximate surface area is 200 Å². The van der Waals surface area contributed by atoms with E-state index in [4.69, 9.17) is 11.6 Å². The highest BCUT2D eigenvalue weighted by Gasteiger charge is 2.21. The summed E-state index contributed by atoms with van der Waals surface area (Å²) in [6.45, 7) is 10.0. The summed E-state index contributed by atoms with van der Waals surface area (Å²) in [6.07, 6.45) is 7.59. The van der Waals surface area contributed by atoms with Gasteiger partial charge in [0, 0.05) is 43.5 Å². The summed E-state index contributed by atoms with van der Waals surface area (Å²) in [5, 5.41) is 3.60. The van der Waals surface area contributed by atoms with E-state index in [1.807, 2.05) is 38.2 Å². The summed E-state index contributed by atoms with van der Waals surface area (Å²) in [4.78, 5) is 15.8. The second kappa shape index (κ2) is 12.4. The minimum atomic E-state index is -0.341. The molecule has 174 valence electrons. The predicted octanol–water partition coefficient (Wildman–Crippen LogP) is 5.47. The molecule has 33 heavy (non-hydrogen) atoms. The number of aromatic nitrogens is 3. The van der Waals surface area contributed by atoms with Crippen molar-refractivity contribution in [2.75, 3.05) is 31.1 Å². The van der Waals surface area contributed by atoms with Crippen LogP contribution in [0.5, 0.6) is 0 Å². The fraction of sp³-hybridized carbons (Fsp3) is 0.346. The van der Waals surface area contributed by atoms with Crippen molar-refractivity contribution >= 4 is 23.0 Å². The molecule has 4 rings (SSSR count). The molecule has 0 unspecified atom stereocenters. The van der Waals surface area contributed by atoms with Crippen molar-refractivity contribution in [1.82, 2.24) is 20.3 Å². The first-order valence-electron chi connectivity index (χ1n) is 11.3. The fourth-order valence-corrected chi connectivity index (χ4v) is 4.02. The topological polar surface area (TPSA) is 53.9 Å². The van der Waals surface area contributed by atoms with Crippen LogP contribution in [-0.2, 0) is 6.42 Å². The van der Waals surface area contributed by atoms with E-state index in [2.05, 4.69) is 38.2 Å². The first kappa shape index (κ1) is 24.8. The summed E-state index contributed by atoms with van der Waals surface area (Å²) in [6, 6.07) is 10.8. The molecule has 1 saturated heterocycles. The van der Waals surface area contributed by atoms with Crippen LogP contribution in [0, 0.1) is 12.7 Å². The normalized spacial score (nSPS) is 14.0. The van der Waals surface area contributed by atoms with Gasteiger partial charge in [0.2, 0.25) is 0 Å². The van der Waals surface area contributed by atoms with E-state index in [0.717, 1.165) is 72.9 Å². The number of rotatable bonds is 5. The Bertz CT molecular complexity index is 1070. The number of nitrogens with one attached hydrogen (secondary N) is 1. The molecule has 0 aliphatic carbocycles. The lowest BCUT2D eigenvalue weighted by Crippen LogP contribution is -2.44. The molecule has 1 aromatic carbocycles. The van der Waals surface area contributed by atoms with Gasteiger partial charge in [0.15, 0.2) is 0 Å². The quantitative estimate of drug-likeness (QED) is 0.539. The lowest BCUT2D eigenvalue weighted by atomic mass is 10.00. The minimum absolute atomic E-state index is 0.218. The van der Waals surface area contributed by atoms with Crippen LogP contribution in [0.15, 0.2) is 55.0 Å². The van der Waals surface area contributed by atoms with E-state index < -0.39 is 0 Å². The Morgan fingerprint density at radius 1 is 1.15 bits per heavy atom. The van der Waals surface area contributed by atoms with Crippen LogP contribution in [0.2, 0.25) is 5.02 Å². The number of pyridine rings is 1. The highest BCUT2D eigenvalue weighted by Crippen LogP contribution is 2.31. The molecule has 1 aliphatic heterocycles. The van der Waals surface area contributed by atoms with Gasteiger partial charge >= 0.3 is 0 Å². The van der Waals surface area contributed by atoms with Gasteiger partial charge in [-0.05, 0) is 50.1 Å². The highest BCUT2D eigenvalue weighted by atomic mass is 35.5.